The van der Waals surface area contributed by atoms with Crippen LogP contribution in [0.25, 0.3) is 0 Å². The van der Waals surface area contributed by atoms with E-state index in [0.717, 1.165) is 12.3 Å². The number of β-lactam (4-membered cyclic amide) rings is 1. The summed E-state index contributed by atoms with van der Waals surface area (Å²) >= 11 is 0. The summed E-state index contributed by atoms with van der Waals surface area (Å²) in [6, 6.07) is 2.48. The van der Waals surface area contributed by atoms with Crippen LogP contribution >= 0.6 is 10.7 Å². The van der Waals surface area contributed by atoms with Crippen molar-refractivity contribution < 1.29 is 17.6 Å². The third kappa shape index (κ3) is 1.89. The summed E-state index contributed by atoms with van der Waals surface area (Å²) in [6.45, 7) is 1.51. The van der Waals surface area contributed by atoms with Crippen LogP contribution in [-0.2, 0) is 19.6 Å². The molecule has 1 unspecified atom stereocenters. The van der Waals surface area contributed by atoms with Crippen molar-refractivity contribution in [3.63, 3.8) is 0 Å². The number of rotatable bonds is 2. The van der Waals surface area contributed by atoms with Gasteiger partial charge in [-0.05, 0) is 19.1 Å². The molecule has 92 valence electrons. The normalized spacial score (nSPS) is 24.6. The second-order valence-electron chi connectivity index (χ2n) is 3.91. The van der Waals surface area contributed by atoms with Crippen molar-refractivity contribution in [1.82, 2.24) is 9.29 Å². The molecule has 1 aliphatic rings. The number of hydrogen-bond acceptors (Lipinski definition) is 4. The number of carbonyl (C=O) groups is 1. The molecule has 0 aliphatic carbocycles. The number of halogens is 2. The Bertz CT molecular complexity index is 574. The lowest BCUT2D eigenvalue weighted by Gasteiger charge is -2.46. The highest BCUT2D eigenvalue weighted by atomic mass is 35.7. The molecule has 0 bridgehead atoms. The van der Waals surface area contributed by atoms with E-state index in [4.69, 9.17) is 10.7 Å². The monoisotopic (exact) mass is 278 g/mol. The Morgan fingerprint density at radius 2 is 2.18 bits per heavy atom. The average Bonchev–Trinajstić information content (AvgIpc) is 2.14. The fourth-order valence-corrected chi connectivity index (χ4v) is 3.51. The second-order valence-corrected chi connectivity index (χ2v) is 6.27. The maximum Gasteiger partial charge on any atom is 0.324 e. The molecule has 0 saturated carbocycles. The largest absolute Gasteiger partial charge is 0.324 e. The van der Waals surface area contributed by atoms with Crippen LogP contribution in [0.2, 0.25) is 0 Å². The van der Waals surface area contributed by atoms with Gasteiger partial charge in [-0.1, -0.05) is 0 Å². The standard InChI is InChI=1S/C9H8ClFN2O3S/c1-9(7-3-2-6(11)5-12-7)4-8(14)13(9)17(10,15)16/h2-3,5H,4H2,1H3. The third-order valence-corrected chi connectivity index (χ3v) is 4.12. The predicted octanol–water partition coefficient (Wildman–Crippen LogP) is 1.15. The molecule has 0 radical (unpaired) electrons. The Balaban J connectivity index is 2.45. The Labute approximate surface area is 102 Å². The molecular formula is C9H8ClFN2O3S. The summed E-state index contributed by atoms with van der Waals surface area (Å²) in [7, 11) is 1.01. The summed E-state index contributed by atoms with van der Waals surface area (Å²) in [5.41, 5.74) is -0.853. The van der Waals surface area contributed by atoms with Gasteiger partial charge in [0.25, 0.3) is 0 Å². The van der Waals surface area contributed by atoms with Crippen molar-refractivity contribution in [2.45, 2.75) is 18.9 Å². The van der Waals surface area contributed by atoms with E-state index in [2.05, 4.69) is 4.98 Å². The zero-order chi connectivity index (χ0) is 12.8. The van der Waals surface area contributed by atoms with Crippen LogP contribution in [0.5, 0.6) is 0 Å². The van der Waals surface area contributed by atoms with Gasteiger partial charge in [0.15, 0.2) is 0 Å². The van der Waals surface area contributed by atoms with E-state index in [1.165, 1.54) is 13.0 Å². The van der Waals surface area contributed by atoms with Crippen molar-refractivity contribution >= 4 is 25.8 Å². The Kier molecular flexibility index (Phi) is 2.62. The number of nitrogens with zero attached hydrogens (tertiary/aromatic N) is 2. The van der Waals surface area contributed by atoms with Crippen LogP contribution in [0.15, 0.2) is 18.3 Å². The molecule has 0 spiro atoms. The molecule has 2 rings (SSSR count). The van der Waals surface area contributed by atoms with Gasteiger partial charge in [0, 0.05) is 10.7 Å². The molecule has 1 fully saturated rings. The topological polar surface area (TPSA) is 67.3 Å². The first-order valence-electron chi connectivity index (χ1n) is 4.65. The molecule has 5 nitrogen and oxygen atoms in total. The van der Waals surface area contributed by atoms with Gasteiger partial charge in [0.1, 0.15) is 11.4 Å². The van der Waals surface area contributed by atoms with Gasteiger partial charge >= 0.3 is 9.24 Å². The summed E-state index contributed by atoms with van der Waals surface area (Å²) in [5.74, 6) is -1.14. The number of hydrogen-bond donors (Lipinski definition) is 0. The first-order chi connectivity index (χ1) is 7.75. The summed E-state index contributed by atoms with van der Waals surface area (Å²) < 4.78 is 35.8. The lowest BCUT2D eigenvalue weighted by molar-refractivity contribution is -0.144. The van der Waals surface area contributed by atoms with E-state index in [1.54, 1.807) is 0 Å². The van der Waals surface area contributed by atoms with Gasteiger partial charge in [-0.15, -0.1) is 0 Å². The molecule has 2 heterocycles. The third-order valence-electron chi connectivity index (χ3n) is 2.67. The highest BCUT2D eigenvalue weighted by molar-refractivity contribution is 8.12. The first kappa shape index (κ1) is 12.3. The molecule has 1 saturated heterocycles. The zero-order valence-corrected chi connectivity index (χ0v) is 10.3. The Morgan fingerprint density at radius 3 is 2.59 bits per heavy atom. The van der Waals surface area contributed by atoms with E-state index in [-0.39, 0.29) is 12.1 Å². The summed E-state index contributed by atoms with van der Waals surface area (Å²) in [6.07, 6.45) is 0.931. The van der Waals surface area contributed by atoms with Crippen molar-refractivity contribution in [2.24, 2.45) is 0 Å². The molecule has 17 heavy (non-hydrogen) atoms. The van der Waals surface area contributed by atoms with Crippen LogP contribution in [0.1, 0.15) is 19.0 Å². The van der Waals surface area contributed by atoms with E-state index >= 15 is 0 Å². The fourth-order valence-electron chi connectivity index (χ4n) is 1.87. The lowest BCUT2D eigenvalue weighted by atomic mass is 9.85. The highest BCUT2D eigenvalue weighted by Gasteiger charge is 2.55. The maximum absolute atomic E-state index is 12.7. The van der Waals surface area contributed by atoms with Gasteiger partial charge in [-0.3, -0.25) is 9.78 Å². The van der Waals surface area contributed by atoms with Crippen molar-refractivity contribution in [1.29, 1.82) is 0 Å². The molecule has 1 aromatic heterocycles. The molecule has 1 aromatic rings. The minimum absolute atomic E-state index is 0.0302. The molecule has 1 aliphatic heterocycles. The van der Waals surface area contributed by atoms with Crippen LogP contribution in [0, 0.1) is 5.82 Å². The van der Waals surface area contributed by atoms with E-state index in [1.807, 2.05) is 0 Å². The number of pyridine rings is 1. The average molecular weight is 279 g/mol. The number of amides is 1. The van der Waals surface area contributed by atoms with Gasteiger partial charge in [-0.2, -0.15) is 8.42 Å². The maximum atomic E-state index is 12.7. The molecule has 1 atom stereocenters. The molecular weight excluding hydrogens is 271 g/mol. The molecule has 8 heteroatoms. The molecule has 0 aromatic carbocycles. The van der Waals surface area contributed by atoms with Gasteiger partial charge in [0.2, 0.25) is 5.91 Å². The SMILES string of the molecule is CC1(c2ccc(F)cn2)CC(=O)N1S(=O)(=O)Cl. The quantitative estimate of drug-likeness (QED) is 0.601. The van der Waals surface area contributed by atoms with Gasteiger partial charge in [0.05, 0.1) is 18.3 Å². The second kappa shape index (κ2) is 3.64. The van der Waals surface area contributed by atoms with E-state index < -0.39 is 26.5 Å². The van der Waals surface area contributed by atoms with Crippen LogP contribution in [0.3, 0.4) is 0 Å². The fraction of sp³-hybridized carbons (Fsp3) is 0.333. The molecule has 0 N–H and O–H groups in total. The number of carbonyl (C=O) groups excluding carboxylic acids is 1. The summed E-state index contributed by atoms with van der Waals surface area (Å²) in [5, 5.41) is 0. The summed E-state index contributed by atoms with van der Waals surface area (Å²) in [4.78, 5) is 15.1. The zero-order valence-electron chi connectivity index (χ0n) is 8.72. The van der Waals surface area contributed by atoms with Crippen LogP contribution in [-0.4, -0.2) is 23.6 Å². The molecule has 1 amide bonds. The Morgan fingerprint density at radius 1 is 1.53 bits per heavy atom. The van der Waals surface area contributed by atoms with Gasteiger partial charge in [-0.25, -0.2) is 8.70 Å². The van der Waals surface area contributed by atoms with E-state index in [0.29, 0.717) is 4.31 Å². The predicted molar refractivity (Wildman–Crippen MR) is 57.8 cm³/mol. The van der Waals surface area contributed by atoms with Crippen molar-refractivity contribution in [3.8, 4) is 0 Å². The highest BCUT2D eigenvalue weighted by Crippen LogP contribution is 2.43. The minimum atomic E-state index is -4.16. The van der Waals surface area contributed by atoms with Crippen LogP contribution < -0.4 is 0 Å². The van der Waals surface area contributed by atoms with Crippen molar-refractivity contribution in [3.05, 3.63) is 29.8 Å². The lowest BCUT2D eigenvalue weighted by Crippen LogP contribution is -2.60. The minimum Gasteiger partial charge on any atom is -0.274 e. The van der Waals surface area contributed by atoms with Crippen LogP contribution in [0.4, 0.5) is 4.39 Å². The smallest absolute Gasteiger partial charge is 0.274 e. The Hall–Kier alpha value is -1.21. The van der Waals surface area contributed by atoms with Gasteiger partial charge < -0.3 is 0 Å². The number of aromatic nitrogens is 1. The van der Waals surface area contributed by atoms with E-state index in [9.17, 15) is 17.6 Å². The first-order valence-corrected chi connectivity index (χ1v) is 6.92. The van der Waals surface area contributed by atoms with Crippen molar-refractivity contribution in [2.75, 3.05) is 0 Å².